The van der Waals surface area contributed by atoms with Crippen molar-refractivity contribution in [2.45, 2.75) is 32.7 Å². The Morgan fingerprint density at radius 3 is 2.61 bits per heavy atom. The second-order valence-electron chi connectivity index (χ2n) is 3.54. The molecule has 0 aliphatic heterocycles. The third kappa shape index (κ3) is 3.19. The number of hydrogen-bond acceptors (Lipinski definition) is 5. The maximum absolute atomic E-state index is 12.8. The van der Waals surface area contributed by atoms with Crippen LogP contribution in [0.2, 0.25) is 0 Å². The van der Waals surface area contributed by atoms with Crippen molar-refractivity contribution in [3.63, 3.8) is 0 Å². The first-order valence-electron chi connectivity index (χ1n) is 5.13. The molecule has 1 aromatic heterocycles. The largest absolute Gasteiger partial charge is 0.461 e. The highest BCUT2D eigenvalue weighted by molar-refractivity contribution is 5.88. The molecular formula is C9H12F3N3O3. The van der Waals surface area contributed by atoms with Gasteiger partial charge in [-0.15, -0.1) is 5.10 Å². The maximum Gasteiger partial charge on any atom is 0.435 e. The summed E-state index contributed by atoms with van der Waals surface area (Å²) < 4.78 is 43.3. The Morgan fingerprint density at radius 1 is 1.56 bits per heavy atom. The van der Waals surface area contributed by atoms with Gasteiger partial charge in [0, 0.05) is 0 Å². The normalized spacial score (nSPS) is 13.4. The number of esters is 1. The molecule has 0 saturated heterocycles. The molecule has 1 atom stereocenters. The van der Waals surface area contributed by atoms with E-state index in [4.69, 9.17) is 5.11 Å². The van der Waals surface area contributed by atoms with Crippen LogP contribution in [0.1, 0.15) is 30.0 Å². The number of aliphatic hydroxyl groups excluding tert-OH is 1. The van der Waals surface area contributed by atoms with Crippen LogP contribution in [0, 0.1) is 0 Å². The SMILES string of the molecule is CCOC(=O)c1nnn(CC(C)O)c1C(F)(F)F. The number of carbonyl (C=O) groups excluding carboxylic acids is 1. The molecule has 0 saturated carbocycles. The van der Waals surface area contributed by atoms with Gasteiger partial charge in [-0.05, 0) is 13.8 Å². The van der Waals surface area contributed by atoms with E-state index in [1.807, 2.05) is 0 Å². The number of nitrogens with zero attached hydrogens (tertiary/aromatic N) is 3. The van der Waals surface area contributed by atoms with Crippen LogP contribution in [0.3, 0.4) is 0 Å². The molecule has 1 aromatic rings. The number of halogens is 3. The Bertz CT molecular complexity index is 428. The predicted octanol–water partition coefficient (Wildman–Crippen LogP) is 0.854. The van der Waals surface area contributed by atoms with Crippen LogP contribution < -0.4 is 0 Å². The van der Waals surface area contributed by atoms with Crippen molar-refractivity contribution >= 4 is 5.97 Å². The monoisotopic (exact) mass is 267 g/mol. The molecule has 0 amide bonds. The highest BCUT2D eigenvalue weighted by Gasteiger charge is 2.42. The van der Waals surface area contributed by atoms with E-state index in [9.17, 15) is 18.0 Å². The first-order chi connectivity index (χ1) is 8.27. The number of carbonyl (C=O) groups is 1. The van der Waals surface area contributed by atoms with Gasteiger partial charge in [0.15, 0.2) is 5.69 Å². The molecule has 6 nitrogen and oxygen atoms in total. The third-order valence-corrected chi connectivity index (χ3v) is 1.91. The van der Waals surface area contributed by atoms with Crippen molar-refractivity contribution in [2.24, 2.45) is 0 Å². The zero-order valence-electron chi connectivity index (χ0n) is 9.73. The van der Waals surface area contributed by atoms with Gasteiger partial charge in [0.2, 0.25) is 5.69 Å². The Hall–Kier alpha value is -1.64. The van der Waals surface area contributed by atoms with Gasteiger partial charge in [0.1, 0.15) is 0 Å². The van der Waals surface area contributed by atoms with Crippen LogP contribution in [-0.2, 0) is 17.5 Å². The minimum absolute atomic E-state index is 0.0700. The number of hydrogen-bond donors (Lipinski definition) is 1. The first-order valence-corrected chi connectivity index (χ1v) is 5.13. The molecule has 1 unspecified atom stereocenters. The zero-order valence-corrected chi connectivity index (χ0v) is 9.73. The van der Waals surface area contributed by atoms with Gasteiger partial charge in [-0.25, -0.2) is 9.48 Å². The number of rotatable bonds is 4. The van der Waals surface area contributed by atoms with Crippen LogP contribution in [0.25, 0.3) is 0 Å². The van der Waals surface area contributed by atoms with Gasteiger partial charge in [-0.3, -0.25) is 0 Å². The van der Waals surface area contributed by atoms with E-state index in [-0.39, 0.29) is 6.61 Å². The average molecular weight is 267 g/mol. The lowest BCUT2D eigenvalue weighted by molar-refractivity contribution is -0.145. The fourth-order valence-electron chi connectivity index (χ4n) is 1.31. The van der Waals surface area contributed by atoms with E-state index in [1.54, 1.807) is 0 Å². The summed E-state index contributed by atoms with van der Waals surface area (Å²) >= 11 is 0. The third-order valence-electron chi connectivity index (χ3n) is 1.91. The van der Waals surface area contributed by atoms with Gasteiger partial charge in [-0.2, -0.15) is 13.2 Å². The van der Waals surface area contributed by atoms with Crippen LogP contribution in [-0.4, -0.2) is 38.8 Å². The smallest absolute Gasteiger partial charge is 0.435 e. The molecular weight excluding hydrogens is 255 g/mol. The van der Waals surface area contributed by atoms with Crippen molar-refractivity contribution in [3.8, 4) is 0 Å². The number of alkyl halides is 3. The Kier molecular flexibility index (Phi) is 4.28. The van der Waals surface area contributed by atoms with E-state index >= 15 is 0 Å². The lowest BCUT2D eigenvalue weighted by Gasteiger charge is -2.11. The van der Waals surface area contributed by atoms with E-state index in [0.717, 1.165) is 0 Å². The van der Waals surface area contributed by atoms with E-state index in [2.05, 4.69) is 15.0 Å². The van der Waals surface area contributed by atoms with Crippen LogP contribution in [0.5, 0.6) is 0 Å². The summed E-state index contributed by atoms with van der Waals surface area (Å²) in [5.74, 6) is -1.19. The van der Waals surface area contributed by atoms with Gasteiger partial charge in [0.25, 0.3) is 0 Å². The van der Waals surface area contributed by atoms with Crippen LogP contribution in [0.4, 0.5) is 13.2 Å². The molecule has 0 aliphatic rings. The van der Waals surface area contributed by atoms with Gasteiger partial charge in [0.05, 0.1) is 19.3 Å². The van der Waals surface area contributed by atoms with Crippen molar-refractivity contribution in [1.82, 2.24) is 15.0 Å². The molecule has 0 radical (unpaired) electrons. The van der Waals surface area contributed by atoms with E-state index < -0.39 is 36.2 Å². The lowest BCUT2D eigenvalue weighted by atomic mass is 10.3. The van der Waals surface area contributed by atoms with Crippen LogP contribution >= 0.6 is 0 Å². The topological polar surface area (TPSA) is 77.2 Å². The Labute approximate surface area is 100 Å². The summed E-state index contributed by atoms with van der Waals surface area (Å²) in [4.78, 5) is 11.3. The molecule has 1 heterocycles. The summed E-state index contributed by atoms with van der Waals surface area (Å²) in [7, 11) is 0. The van der Waals surface area contributed by atoms with Crippen molar-refractivity contribution in [1.29, 1.82) is 0 Å². The summed E-state index contributed by atoms with van der Waals surface area (Å²) in [6, 6.07) is 0. The molecule has 0 aliphatic carbocycles. The predicted molar refractivity (Wildman–Crippen MR) is 52.7 cm³/mol. The summed E-state index contributed by atoms with van der Waals surface area (Å²) in [6.45, 7) is 2.28. The fraction of sp³-hybridized carbons (Fsp3) is 0.667. The molecule has 1 N–H and O–H groups in total. The molecule has 9 heteroatoms. The number of aliphatic hydroxyl groups is 1. The molecule has 0 bridgehead atoms. The fourth-order valence-corrected chi connectivity index (χ4v) is 1.31. The summed E-state index contributed by atoms with van der Waals surface area (Å²) in [5.41, 5.74) is -2.22. The van der Waals surface area contributed by atoms with Crippen molar-refractivity contribution < 1.29 is 27.8 Å². The zero-order chi connectivity index (χ0) is 13.9. The average Bonchev–Trinajstić information content (AvgIpc) is 2.60. The summed E-state index contributed by atoms with van der Waals surface area (Å²) in [6.07, 6.45) is -5.86. The Morgan fingerprint density at radius 2 is 2.17 bits per heavy atom. The van der Waals surface area contributed by atoms with Gasteiger partial charge < -0.3 is 9.84 Å². The molecule has 0 spiro atoms. The molecule has 1 rings (SSSR count). The molecule has 102 valence electrons. The minimum Gasteiger partial charge on any atom is -0.461 e. The van der Waals surface area contributed by atoms with Gasteiger partial charge >= 0.3 is 12.1 Å². The second kappa shape index (κ2) is 5.34. The maximum atomic E-state index is 12.8. The molecule has 0 aromatic carbocycles. The van der Waals surface area contributed by atoms with Crippen LogP contribution in [0.15, 0.2) is 0 Å². The van der Waals surface area contributed by atoms with Crippen molar-refractivity contribution in [3.05, 3.63) is 11.4 Å². The Balaban J connectivity index is 3.20. The molecule has 0 fully saturated rings. The standard InChI is InChI=1S/C9H12F3N3O3/c1-3-18-8(17)6-7(9(10,11)12)15(14-13-6)4-5(2)16/h5,16H,3-4H2,1-2H3. The van der Waals surface area contributed by atoms with Gasteiger partial charge in [-0.1, -0.05) is 5.21 Å². The quantitative estimate of drug-likeness (QED) is 0.818. The lowest BCUT2D eigenvalue weighted by Crippen LogP contribution is -2.22. The highest BCUT2D eigenvalue weighted by atomic mass is 19.4. The summed E-state index contributed by atoms with van der Waals surface area (Å²) in [5, 5.41) is 15.4. The molecule has 18 heavy (non-hydrogen) atoms. The number of aromatic nitrogens is 3. The minimum atomic E-state index is -4.81. The van der Waals surface area contributed by atoms with E-state index in [0.29, 0.717) is 4.68 Å². The second-order valence-corrected chi connectivity index (χ2v) is 3.54. The highest BCUT2D eigenvalue weighted by Crippen LogP contribution is 2.31. The van der Waals surface area contributed by atoms with Crippen molar-refractivity contribution in [2.75, 3.05) is 6.61 Å². The van der Waals surface area contributed by atoms with E-state index in [1.165, 1.54) is 13.8 Å². The first kappa shape index (κ1) is 14.4. The number of ether oxygens (including phenoxy) is 1.